The summed E-state index contributed by atoms with van der Waals surface area (Å²) in [6, 6.07) is 34.9. The van der Waals surface area contributed by atoms with Crippen LogP contribution in [0.5, 0.6) is 5.75 Å². The van der Waals surface area contributed by atoms with Crippen molar-refractivity contribution >= 4 is 27.2 Å². The van der Waals surface area contributed by atoms with Gasteiger partial charge in [0.25, 0.3) is 0 Å². The standard InChI is InChI=1S/C45H52OSi2/c1-12-25-46-42-40(26-31(4)43(47(8)9)41(42)45(5,6)7)48(10,11)44-38-27-34(32-17-13-29(2)14-18-32)21-23-36(38)37-24-22-35(28-39(37)44)33-19-15-30(3)16-20-33/h12-24,26-28,44,47H,1,25H2,2-11H3. The van der Waals surface area contributed by atoms with E-state index >= 15 is 0 Å². The molecule has 0 saturated carbocycles. The van der Waals surface area contributed by atoms with Crippen molar-refractivity contribution in [3.8, 4) is 39.1 Å². The van der Waals surface area contributed by atoms with E-state index in [1.165, 1.54) is 71.9 Å². The first kappa shape index (κ1) is 34.0. The first-order valence-corrected chi connectivity index (χ1v) is 23.5. The molecule has 6 rings (SSSR count). The van der Waals surface area contributed by atoms with Crippen molar-refractivity contribution in [2.45, 2.75) is 78.7 Å². The summed E-state index contributed by atoms with van der Waals surface area (Å²) in [5, 5.41) is 2.99. The lowest BCUT2D eigenvalue weighted by Gasteiger charge is -2.38. The molecular formula is C45H52OSi2. The van der Waals surface area contributed by atoms with Crippen molar-refractivity contribution < 1.29 is 4.74 Å². The largest absolute Gasteiger partial charge is 0.489 e. The molecule has 48 heavy (non-hydrogen) atoms. The number of hydrogen-bond donors (Lipinski definition) is 0. The van der Waals surface area contributed by atoms with Crippen molar-refractivity contribution in [1.82, 2.24) is 0 Å². The molecular weight excluding hydrogens is 613 g/mol. The maximum atomic E-state index is 6.86. The van der Waals surface area contributed by atoms with E-state index in [4.69, 9.17) is 4.74 Å². The lowest BCUT2D eigenvalue weighted by molar-refractivity contribution is 0.354. The summed E-state index contributed by atoms with van der Waals surface area (Å²) >= 11 is 0. The van der Waals surface area contributed by atoms with Gasteiger partial charge in [0.05, 0.1) is 16.9 Å². The van der Waals surface area contributed by atoms with Gasteiger partial charge < -0.3 is 4.74 Å². The Balaban J connectivity index is 1.64. The zero-order valence-corrected chi connectivity index (χ0v) is 32.9. The molecule has 0 fully saturated rings. The van der Waals surface area contributed by atoms with Crippen LogP contribution >= 0.6 is 0 Å². The normalized spacial score (nSPS) is 13.1. The number of benzene rings is 5. The molecule has 0 amide bonds. The van der Waals surface area contributed by atoms with Gasteiger partial charge in [0, 0.05) is 5.54 Å². The fourth-order valence-electron chi connectivity index (χ4n) is 8.12. The number of aryl methyl sites for hydroxylation is 3. The highest BCUT2D eigenvalue weighted by atomic mass is 28.3. The van der Waals surface area contributed by atoms with E-state index in [0.29, 0.717) is 6.61 Å². The Bertz CT molecular complexity index is 1890. The fourth-order valence-corrected chi connectivity index (χ4v) is 14.0. The average molecular weight is 665 g/mol. The van der Waals surface area contributed by atoms with E-state index in [-0.39, 0.29) is 11.0 Å². The maximum absolute atomic E-state index is 6.86. The quantitative estimate of drug-likeness (QED) is 0.118. The Morgan fingerprint density at radius 2 is 1.17 bits per heavy atom. The number of ether oxygens (including phenoxy) is 1. The molecule has 1 aliphatic rings. The van der Waals surface area contributed by atoms with Crippen LogP contribution in [0.1, 0.15) is 59.7 Å². The fraction of sp³-hybridized carbons (Fsp3) is 0.289. The minimum atomic E-state index is -2.35. The summed E-state index contributed by atoms with van der Waals surface area (Å²) in [4.78, 5) is 0. The Hall–Kier alpha value is -3.93. The van der Waals surface area contributed by atoms with E-state index in [9.17, 15) is 0 Å². The highest BCUT2D eigenvalue weighted by Gasteiger charge is 2.45. The summed E-state index contributed by atoms with van der Waals surface area (Å²) in [6.07, 6.45) is 1.90. The summed E-state index contributed by atoms with van der Waals surface area (Å²) in [7, 11) is -3.51. The van der Waals surface area contributed by atoms with Gasteiger partial charge in [-0.3, -0.25) is 0 Å². The van der Waals surface area contributed by atoms with Crippen molar-refractivity contribution in [3.63, 3.8) is 0 Å². The molecule has 0 N–H and O–H groups in total. The van der Waals surface area contributed by atoms with Crippen LogP contribution in [0.25, 0.3) is 33.4 Å². The van der Waals surface area contributed by atoms with Crippen LogP contribution in [-0.2, 0) is 5.41 Å². The van der Waals surface area contributed by atoms with Gasteiger partial charge in [0.1, 0.15) is 12.4 Å². The van der Waals surface area contributed by atoms with Crippen molar-refractivity contribution in [2.75, 3.05) is 6.61 Å². The van der Waals surface area contributed by atoms with Crippen molar-refractivity contribution in [3.05, 3.63) is 137 Å². The lowest BCUT2D eigenvalue weighted by atomic mass is 9.85. The lowest BCUT2D eigenvalue weighted by Crippen LogP contribution is -2.51. The predicted octanol–water partition coefficient (Wildman–Crippen LogP) is 10.8. The van der Waals surface area contributed by atoms with Crippen LogP contribution in [-0.4, -0.2) is 23.5 Å². The van der Waals surface area contributed by atoms with Crippen LogP contribution in [0.4, 0.5) is 0 Å². The van der Waals surface area contributed by atoms with E-state index < -0.39 is 16.9 Å². The molecule has 0 radical (unpaired) electrons. The smallest absolute Gasteiger partial charge is 0.122 e. The third kappa shape index (κ3) is 6.08. The van der Waals surface area contributed by atoms with Crippen molar-refractivity contribution in [1.29, 1.82) is 0 Å². The van der Waals surface area contributed by atoms with Gasteiger partial charge in [0.15, 0.2) is 0 Å². The van der Waals surface area contributed by atoms with Crippen LogP contribution in [0.2, 0.25) is 26.2 Å². The van der Waals surface area contributed by atoms with Crippen molar-refractivity contribution in [2.24, 2.45) is 0 Å². The SMILES string of the molecule is C=CCOc1c([Si](C)(C)C2c3cc(-c4ccc(C)cc4)ccc3-c3ccc(-c4ccc(C)cc4)cc32)cc(C)c([SiH](C)C)c1C(C)(C)C. The van der Waals surface area contributed by atoms with E-state index in [1.807, 2.05) is 6.08 Å². The zero-order chi connectivity index (χ0) is 34.5. The van der Waals surface area contributed by atoms with Gasteiger partial charge in [-0.25, -0.2) is 0 Å². The van der Waals surface area contributed by atoms with Crippen LogP contribution in [0.15, 0.2) is 104 Å². The molecule has 0 atom stereocenters. The molecule has 0 heterocycles. The minimum Gasteiger partial charge on any atom is -0.489 e. The second-order valence-electron chi connectivity index (χ2n) is 15.9. The summed E-state index contributed by atoms with van der Waals surface area (Å²) in [5.41, 5.74) is 16.4. The molecule has 3 heteroatoms. The summed E-state index contributed by atoms with van der Waals surface area (Å²) in [6.45, 7) is 28.4. The van der Waals surface area contributed by atoms with Crippen LogP contribution < -0.4 is 15.1 Å². The first-order valence-electron chi connectivity index (χ1n) is 17.6. The topological polar surface area (TPSA) is 9.23 Å². The molecule has 0 aliphatic heterocycles. The van der Waals surface area contributed by atoms with Gasteiger partial charge in [-0.1, -0.05) is 172 Å². The van der Waals surface area contributed by atoms with E-state index in [0.717, 1.165) is 5.75 Å². The van der Waals surface area contributed by atoms with Gasteiger partial charge in [-0.05, 0) is 81.4 Å². The van der Waals surface area contributed by atoms with Gasteiger partial charge in [0.2, 0.25) is 0 Å². The molecule has 0 unspecified atom stereocenters. The van der Waals surface area contributed by atoms with Gasteiger partial charge >= 0.3 is 0 Å². The summed E-state index contributed by atoms with van der Waals surface area (Å²) in [5.74, 6) is 1.13. The van der Waals surface area contributed by atoms with E-state index in [1.54, 1.807) is 5.19 Å². The van der Waals surface area contributed by atoms with Crippen LogP contribution in [0, 0.1) is 20.8 Å². The molecule has 1 nitrogen and oxygen atoms in total. The molecule has 0 spiro atoms. The molecule has 0 aromatic heterocycles. The van der Waals surface area contributed by atoms with Gasteiger partial charge in [-0.15, -0.1) is 0 Å². The van der Waals surface area contributed by atoms with Crippen LogP contribution in [0.3, 0.4) is 0 Å². The Labute approximate surface area is 292 Å². The molecule has 5 aromatic carbocycles. The third-order valence-electron chi connectivity index (χ3n) is 10.4. The second kappa shape index (κ2) is 12.8. The zero-order valence-electron chi connectivity index (χ0n) is 30.7. The Kier molecular flexibility index (Phi) is 9.08. The Morgan fingerprint density at radius 1 is 0.708 bits per heavy atom. The molecule has 246 valence electrons. The second-order valence-corrected chi connectivity index (χ2v) is 23.3. The number of hydrogen-bond acceptors (Lipinski definition) is 1. The third-order valence-corrected chi connectivity index (χ3v) is 16.1. The Morgan fingerprint density at radius 3 is 1.58 bits per heavy atom. The average Bonchev–Trinajstić information content (AvgIpc) is 3.37. The highest BCUT2D eigenvalue weighted by Crippen LogP contribution is 2.51. The number of fused-ring (bicyclic) bond motifs is 3. The monoisotopic (exact) mass is 664 g/mol. The molecule has 5 aromatic rings. The van der Waals surface area contributed by atoms with E-state index in [2.05, 4.69) is 165 Å². The first-order chi connectivity index (χ1) is 22.7. The molecule has 1 aliphatic carbocycles. The predicted molar refractivity (Wildman–Crippen MR) is 215 cm³/mol. The summed E-state index contributed by atoms with van der Waals surface area (Å²) < 4.78 is 6.86. The van der Waals surface area contributed by atoms with Gasteiger partial charge in [-0.2, -0.15) is 0 Å². The molecule has 0 bridgehead atoms. The molecule has 0 saturated heterocycles. The number of rotatable bonds is 8. The minimum absolute atomic E-state index is 0.0446. The maximum Gasteiger partial charge on any atom is 0.122 e. The highest BCUT2D eigenvalue weighted by molar-refractivity contribution is 6.92.